The molecule has 2 N–H and O–H groups in total. The number of aryl methyl sites for hydroxylation is 2. The molecule has 0 aromatic carbocycles. The number of nitrogens with zero attached hydrogens (tertiary/aromatic N) is 3. The first-order valence-corrected chi connectivity index (χ1v) is 9.95. The van der Waals surface area contributed by atoms with E-state index in [1.54, 1.807) is 17.5 Å². The summed E-state index contributed by atoms with van der Waals surface area (Å²) in [5.41, 5.74) is 1.97. The minimum atomic E-state index is -0.195. The molecule has 3 aromatic heterocycles. The van der Waals surface area contributed by atoms with E-state index in [9.17, 15) is 9.90 Å². The highest BCUT2D eigenvalue weighted by atomic mass is 32.1. The van der Waals surface area contributed by atoms with Gasteiger partial charge in [-0.05, 0) is 49.8 Å². The van der Waals surface area contributed by atoms with E-state index < -0.39 is 0 Å². The molecule has 2 aliphatic rings. The van der Waals surface area contributed by atoms with E-state index in [0.717, 1.165) is 66.8 Å². The molecule has 1 aliphatic heterocycles. The average molecular weight is 368 g/mol. The van der Waals surface area contributed by atoms with Crippen LogP contribution in [0.1, 0.15) is 29.7 Å². The number of hydrogen-bond acceptors (Lipinski definition) is 6. The Bertz CT molecular complexity index is 1020. The lowest BCUT2D eigenvalue weighted by Gasteiger charge is -2.30. The molecule has 5 rings (SSSR count). The molecule has 0 spiro atoms. The molecule has 1 saturated heterocycles. The van der Waals surface area contributed by atoms with Crippen molar-refractivity contribution in [3.05, 3.63) is 39.1 Å². The summed E-state index contributed by atoms with van der Waals surface area (Å²) in [6.07, 6.45) is 6.31. The van der Waals surface area contributed by atoms with E-state index in [1.165, 1.54) is 10.4 Å². The molecule has 0 amide bonds. The summed E-state index contributed by atoms with van der Waals surface area (Å²) in [6, 6.07) is 3.92. The molecule has 0 unspecified atom stereocenters. The van der Waals surface area contributed by atoms with Crippen LogP contribution in [0.3, 0.4) is 0 Å². The van der Waals surface area contributed by atoms with Crippen LogP contribution in [0, 0.1) is 0 Å². The lowest BCUT2D eigenvalue weighted by molar-refractivity contribution is 0.145. The molecule has 7 heteroatoms. The number of fused-ring (bicyclic) bond motifs is 3. The maximum atomic E-state index is 12.6. The van der Waals surface area contributed by atoms with Gasteiger partial charge in [0.15, 0.2) is 0 Å². The van der Waals surface area contributed by atoms with Crippen LogP contribution >= 0.6 is 11.3 Å². The molecule has 6 nitrogen and oxygen atoms in total. The second kappa shape index (κ2) is 6.17. The van der Waals surface area contributed by atoms with Crippen LogP contribution in [-0.2, 0) is 12.8 Å². The zero-order valence-corrected chi connectivity index (χ0v) is 15.2. The fourth-order valence-electron chi connectivity index (χ4n) is 3.95. The molecule has 26 heavy (non-hydrogen) atoms. The van der Waals surface area contributed by atoms with E-state index in [2.05, 4.69) is 14.9 Å². The Kier molecular flexibility index (Phi) is 3.79. The first kappa shape index (κ1) is 16.0. The third-order valence-corrected chi connectivity index (χ3v) is 6.57. The Morgan fingerprint density at radius 1 is 1.23 bits per heavy atom. The van der Waals surface area contributed by atoms with Gasteiger partial charge in [0, 0.05) is 29.7 Å². The fourth-order valence-corrected chi connectivity index (χ4v) is 5.21. The zero-order chi connectivity index (χ0) is 17.7. The molecular formula is C19H20N4O2S. The summed E-state index contributed by atoms with van der Waals surface area (Å²) in [5, 5.41) is 10.4. The highest BCUT2D eigenvalue weighted by Gasteiger charge is 2.22. The van der Waals surface area contributed by atoms with Gasteiger partial charge in [-0.25, -0.2) is 9.97 Å². The molecule has 134 valence electrons. The maximum absolute atomic E-state index is 12.6. The summed E-state index contributed by atoms with van der Waals surface area (Å²) in [5.74, 6) is 1.48. The van der Waals surface area contributed by atoms with Crippen molar-refractivity contribution in [2.75, 3.05) is 18.0 Å². The van der Waals surface area contributed by atoms with E-state index >= 15 is 0 Å². The van der Waals surface area contributed by atoms with Gasteiger partial charge in [-0.2, -0.15) is 0 Å². The monoisotopic (exact) mass is 368 g/mol. The van der Waals surface area contributed by atoms with Gasteiger partial charge in [0.1, 0.15) is 16.5 Å². The number of aliphatic hydroxyl groups is 1. The van der Waals surface area contributed by atoms with Gasteiger partial charge < -0.3 is 15.0 Å². The van der Waals surface area contributed by atoms with Crippen molar-refractivity contribution in [3.63, 3.8) is 0 Å². The van der Waals surface area contributed by atoms with Gasteiger partial charge in [-0.15, -0.1) is 11.3 Å². The quantitative estimate of drug-likeness (QED) is 0.726. The van der Waals surface area contributed by atoms with Gasteiger partial charge in [-0.1, -0.05) is 0 Å². The number of thiophene rings is 1. The van der Waals surface area contributed by atoms with Crippen LogP contribution in [0.5, 0.6) is 0 Å². The summed E-state index contributed by atoms with van der Waals surface area (Å²) in [6.45, 7) is 1.63. The summed E-state index contributed by atoms with van der Waals surface area (Å²) in [4.78, 5) is 29.1. The molecule has 0 atom stereocenters. The van der Waals surface area contributed by atoms with E-state index in [-0.39, 0.29) is 11.7 Å². The molecule has 3 aromatic rings. The van der Waals surface area contributed by atoms with Crippen molar-refractivity contribution in [1.29, 1.82) is 0 Å². The van der Waals surface area contributed by atoms with Crippen molar-refractivity contribution < 1.29 is 5.11 Å². The van der Waals surface area contributed by atoms with Crippen LogP contribution < -0.4 is 10.5 Å². The number of hydrogen-bond donors (Lipinski definition) is 2. The minimum Gasteiger partial charge on any atom is -0.393 e. The number of pyridine rings is 1. The highest BCUT2D eigenvalue weighted by molar-refractivity contribution is 7.18. The highest BCUT2D eigenvalue weighted by Crippen LogP contribution is 2.35. The van der Waals surface area contributed by atoms with Crippen LogP contribution in [0.4, 0.5) is 5.82 Å². The normalized spacial score (nSPS) is 17.8. The van der Waals surface area contributed by atoms with Gasteiger partial charge in [-0.3, -0.25) is 4.79 Å². The third kappa shape index (κ3) is 2.62. The molecule has 0 saturated carbocycles. The van der Waals surface area contributed by atoms with E-state index in [1.807, 2.05) is 12.1 Å². The van der Waals surface area contributed by atoms with Crippen molar-refractivity contribution in [3.8, 4) is 11.4 Å². The van der Waals surface area contributed by atoms with Gasteiger partial charge in [0.25, 0.3) is 5.56 Å². The second-order valence-corrected chi connectivity index (χ2v) is 8.16. The van der Waals surface area contributed by atoms with Gasteiger partial charge in [0.2, 0.25) is 0 Å². The fraction of sp³-hybridized carbons (Fsp3) is 0.421. The summed E-state index contributed by atoms with van der Waals surface area (Å²) in [7, 11) is 0. The number of nitrogens with one attached hydrogen (secondary N) is 1. The molecular weight excluding hydrogens is 348 g/mol. The first-order chi connectivity index (χ1) is 12.7. The first-order valence-electron chi connectivity index (χ1n) is 9.13. The predicted octanol–water partition coefficient (Wildman–Crippen LogP) is 2.50. The van der Waals surface area contributed by atoms with Crippen LogP contribution in [0.25, 0.3) is 21.6 Å². The maximum Gasteiger partial charge on any atom is 0.260 e. The Morgan fingerprint density at radius 2 is 2.08 bits per heavy atom. The minimum absolute atomic E-state index is 0.0431. The molecule has 1 fully saturated rings. The molecule has 0 radical (unpaired) electrons. The van der Waals surface area contributed by atoms with Gasteiger partial charge in [0.05, 0.1) is 11.5 Å². The Balaban J connectivity index is 1.47. The standard InChI is InChI=1S/C19H20N4O2S/c24-12-6-8-23(9-7-12)15-5-4-11(10-20-15)17-21-18(25)16-13-2-1-3-14(13)26-19(16)22-17/h4-5,10,12,24H,1-3,6-9H2,(H,21,22,25). The summed E-state index contributed by atoms with van der Waals surface area (Å²) < 4.78 is 0. The zero-order valence-electron chi connectivity index (χ0n) is 14.4. The molecule has 1 aliphatic carbocycles. The third-order valence-electron chi connectivity index (χ3n) is 5.38. The number of H-pyrrole nitrogens is 1. The van der Waals surface area contributed by atoms with Crippen molar-refractivity contribution in [2.45, 2.75) is 38.2 Å². The lowest BCUT2D eigenvalue weighted by Crippen LogP contribution is -2.36. The van der Waals surface area contributed by atoms with Crippen LogP contribution in [0.2, 0.25) is 0 Å². The summed E-state index contributed by atoms with van der Waals surface area (Å²) >= 11 is 1.65. The predicted molar refractivity (Wildman–Crippen MR) is 103 cm³/mol. The van der Waals surface area contributed by atoms with E-state index in [0.29, 0.717) is 5.82 Å². The average Bonchev–Trinajstić information content (AvgIpc) is 3.23. The number of aromatic nitrogens is 3. The number of rotatable bonds is 2. The number of aliphatic hydroxyl groups excluding tert-OH is 1. The Hall–Kier alpha value is -2.25. The SMILES string of the molecule is O=c1[nH]c(-c2ccc(N3CCC(O)CC3)nc2)nc2sc3c(c12)CCC3. The molecule has 4 heterocycles. The second-order valence-electron chi connectivity index (χ2n) is 7.08. The van der Waals surface area contributed by atoms with Crippen molar-refractivity contribution in [2.24, 2.45) is 0 Å². The van der Waals surface area contributed by atoms with Crippen molar-refractivity contribution in [1.82, 2.24) is 15.0 Å². The smallest absolute Gasteiger partial charge is 0.260 e. The number of anilines is 1. The largest absolute Gasteiger partial charge is 0.393 e. The number of aromatic amines is 1. The molecule has 0 bridgehead atoms. The van der Waals surface area contributed by atoms with E-state index in [4.69, 9.17) is 4.98 Å². The topological polar surface area (TPSA) is 82.1 Å². The Morgan fingerprint density at radius 3 is 2.85 bits per heavy atom. The van der Waals surface area contributed by atoms with Crippen molar-refractivity contribution >= 4 is 27.4 Å². The van der Waals surface area contributed by atoms with Crippen LogP contribution in [0.15, 0.2) is 23.1 Å². The Labute approximate surface area is 154 Å². The lowest BCUT2D eigenvalue weighted by atomic mass is 10.1. The number of piperidine rings is 1. The van der Waals surface area contributed by atoms with Crippen LogP contribution in [-0.4, -0.2) is 39.3 Å². The van der Waals surface area contributed by atoms with Gasteiger partial charge >= 0.3 is 0 Å².